The molecule has 4 rings (SSSR count). The molecule has 0 saturated heterocycles. The van der Waals surface area contributed by atoms with E-state index in [4.69, 9.17) is 0 Å². The summed E-state index contributed by atoms with van der Waals surface area (Å²) in [6, 6.07) is 19.1. The lowest BCUT2D eigenvalue weighted by Gasteiger charge is -2.28. The van der Waals surface area contributed by atoms with E-state index < -0.39 is 17.9 Å². The van der Waals surface area contributed by atoms with Crippen molar-refractivity contribution in [2.45, 2.75) is 12.5 Å². The predicted molar refractivity (Wildman–Crippen MR) is 108 cm³/mol. The van der Waals surface area contributed by atoms with Crippen LogP contribution < -0.4 is 0 Å². The van der Waals surface area contributed by atoms with Gasteiger partial charge >= 0.3 is 11.9 Å². The second-order valence-electron chi connectivity index (χ2n) is 6.56. The molecule has 1 aliphatic rings. The Kier molecular flexibility index (Phi) is 4.71. The van der Waals surface area contributed by atoms with E-state index in [1.807, 2.05) is 60.7 Å². The standard InChI is InChI=1S/C22H17NO4S/c24-21(25)16-12-23(11-14-6-2-1-3-7-14)13-17(22(26)27)20(16)19-10-15-8-4-5-9-18(15)28-19/h1-10,12-13,20H,11H2,(H,24,25)(H,26,27). The number of benzene rings is 2. The van der Waals surface area contributed by atoms with Crippen molar-refractivity contribution in [2.75, 3.05) is 0 Å². The van der Waals surface area contributed by atoms with Crippen LogP contribution in [0, 0.1) is 0 Å². The minimum atomic E-state index is -1.12. The molecule has 0 saturated carbocycles. The topological polar surface area (TPSA) is 77.8 Å². The van der Waals surface area contributed by atoms with Gasteiger partial charge in [0, 0.05) is 28.5 Å². The fourth-order valence-electron chi connectivity index (χ4n) is 3.41. The average Bonchev–Trinajstić information content (AvgIpc) is 3.11. The Bertz CT molecular complexity index is 1050. The number of carboxylic acid groups (broad SMARTS) is 2. The molecule has 2 aromatic carbocycles. The van der Waals surface area contributed by atoms with Crippen molar-refractivity contribution < 1.29 is 19.8 Å². The summed E-state index contributed by atoms with van der Waals surface area (Å²) in [4.78, 5) is 26.4. The number of carboxylic acids is 2. The highest BCUT2D eigenvalue weighted by Crippen LogP contribution is 2.41. The maximum Gasteiger partial charge on any atom is 0.334 e. The number of hydrogen-bond donors (Lipinski definition) is 2. The van der Waals surface area contributed by atoms with Crippen LogP contribution in [0.3, 0.4) is 0 Å². The van der Waals surface area contributed by atoms with Gasteiger partial charge in [0.2, 0.25) is 0 Å². The Morgan fingerprint density at radius 3 is 2.11 bits per heavy atom. The molecule has 5 nitrogen and oxygen atoms in total. The van der Waals surface area contributed by atoms with Gasteiger partial charge in [-0.3, -0.25) is 0 Å². The van der Waals surface area contributed by atoms with Crippen molar-refractivity contribution in [3.05, 3.63) is 94.7 Å². The van der Waals surface area contributed by atoms with Gasteiger partial charge in [-0.25, -0.2) is 9.59 Å². The van der Waals surface area contributed by atoms with Gasteiger partial charge in [-0.05, 0) is 23.1 Å². The van der Waals surface area contributed by atoms with Gasteiger partial charge in [0.25, 0.3) is 0 Å². The number of nitrogens with zero attached hydrogens (tertiary/aromatic N) is 1. The minimum absolute atomic E-state index is 0.0578. The number of aliphatic carboxylic acids is 2. The van der Waals surface area contributed by atoms with E-state index in [1.165, 1.54) is 23.7 Å². The van der Waals surface area contributed by atoms with Crippen LogP contribution in [0.1, 0.15) is 16.4 Å². The Balaban J connectivity index is 1.78. The number of carbonyl (C=O) groups is 2. The van der Waals surface area contributed by atoms with Gasteiger partial charge in [-0.1, -0.05) is 48.5 Å². The Hall–Kier alpha value is -3.38. The molecule has 0 spiro atoms. The lowest BCUT2D eigenvalue weighted by Crippen LogP contribution is -2.27. The molecule has 3 aromatic rings. The van der Waals surface area contributed by atoms with Crippen molar-refractivity contribution in [3.8, 4) is 0 Å². The summed E-state index contributed by atoms with van der Waals surface area (Å²) < 4.78 is 0.999. The summed E-state index contributed by atoms with van der Waals surface area (Å²) >= 11 is 1.42. The molecule has 0 bridgehead atoms. The molecule has 0 atom stereocenters. The summed E-state index contributed by atoms with van der Waals surface area (Å²) in [5, 5.41) is 20.6. The first-order chi connectivity index (χ1) is 13.5. The lowest BCUT2D eigenvalue weighted by molar-refractivity contribution is -0.133. The smallest absolute Gasteiger partial charge is 0.334 e. The summed E-state index contributed by atoms with van der Waals surface area (Å²) in [6.45, 7) is 0.396. The van der Waals surface area contributed by atoms with Gasteiger partial charge in [-0.2, -0.15) is 0 Å². The summed E-state index contributed by atoms with van der Waals surface area (Å²) in [6.07, 6.45) is 3.08. The number of fused-ring (bicyclic) bond motifs is 1. The van der Waals surface area contributed by atoms with Gasteiger partial charge < -0.3 is 15.1 Å². The molecular weight excluding hydrogens is 374 g/mol. The number of thiophene rings is 1. The molecule has 2 heterocycles. The second-order valence-corrected chi connectivity index (χ2v) is 7.67. The van der Waals surface area contributed by atoms with Crippen molar-refractivity contribution in [2.24, 2.45) is 0 Å². The van der Waals surface area contributed by atoms with E-state index in [2.05, 4.69) is 0 Å². The highest BCUT2D eigenvalue weighted by atomic mass is 32.1. The number of rotatable bonds is 5. The molecule has 2 N–H and O–H groups in total. The molecular formula is C22H17NO4S. The van der Waals surface area contributed by atoms with Crippen molar-refractivity contribution in [1.29, 1.82) is 0 Å². The molecule has 140 valence electrons. The van der Waals surface area contributed by atoms with Crippen LogP contribution in [-0.2, 0) is 16.1 Å². The first-order valence-electron chi connectivity index (χ1n) is 8.71. The summed E-state index contributed by atoms with van der Waals surface area (Å²) in [5.41, 5.74) is 1.08. The highest BCUT2D eigenvalue weighted by Gasteiger charge is 2.35. The molecule has 0 amide bonds. The Morgan fingerprint density at radius 1 is 0.893 bits per heavy atom. The third-order valence-corrected chi connectivity index (χ3v) is 5.84. The van der Waals surface area contributed by atoms with E-state index in [-0.39, 0.29) is 11.1 Å². The van der Waals surface area contributed by atoms with Gasteiger partial charge in [0.15, 0.2) is 0 Å². The van der Waals surface area contributed by atoms with E-state index >= 15 is 0 Å². The second kappa shape index (κ2) is 7.32. The molecule has 28 heavy (non-hydrogen) atoms. The van der Waals surface area contributed by atoms with Crippen LogP contribution in [0.15, 0.2) is 84.2 Å². The van der Waals surface area contributed by atoms with E-state index in [9.17, 15) is 19.8 Å². The van der Waals surface area contributed by atoms with Gasteiger partial charge in [-0.15, -0.1) is 11.3 Å². The van der Waals surface area contributed by atoms with Gasteiger partial charge in [0.05, 0.1) is 17.1 Å². The fourth-order valence-corrected chi connectivity index (χ4v) is 4.61. The first-order valence-corrected chi connectivity index (χ1v) is 9.53. The lowest BCUT2D eigenvalue weighted by atomic mass is 9.87. The zero-order chi connectivity index (χ0) is 19.7. The van der Waals surface area contributed by atoms with Crippen LogP contribution in [0.4, 0.5) is 0 Å². The molecule has 1 aromatic heterocycles. The third kappa shape index (κ3) is 3.42. The van der Waals surface area contributed by atoms with Crippen molar-refractivity contribution in [1.82, 2.24) is 4.90 Å². The van der Waals surface area contributed by atoms with Crippen LogP contribution in [0.2, 0.25) is 0 Å². The molecule has 0 fully saturated rings. The minimum Gasteiger partial charge on any atom is -0.478 e. The van der Waals surface area contributed by atoms with Crippen molar-refractivity contribution >= 4 is 33.4 Å². The van der Waals surface area contributed by atoms with Crippen LogP contribution in [0.25, 0.3) is 10.1 Å². The maximum atomic E-state index is 12.0. The molecule has 0 unspecified atom stereocenters. The Labute approximate surface area is 165 Å². The zero-order valence-corrected chi connectivity index (χ0v) is 15.6. The average molecular weight is 391 g/mol. The predicted octanol–water partition coefficient (Wildman–Crippen LogP) is 4.44. The normalized spacial score (nSPS) is 14.6. The van der Waals surface area contributed by atoms with E-state index in [0.717, 1.165) is 15.6 Å². The molecule has 6 heteroatoms. The van der Waals surface area contributed by atoms with Crippen LogP contribution in [0.5, 0.6) is 0 Å². The zero-order valence-electron chi connectivity index (χ0n) is 14.8. The third-order valence-electron chi connectivity index (χ3n) is 4.66. The number of hydrogen-bond acceptors (Lipinski definition) is 4. The summed E-state index contributed by atoms with van der Waals surface area (Å²) in [5.74, 6) is -3.04. The molecule has 0 aliphatic carbocycles. The quantitative estimate of drug-likeness (QED) is 0.672. The van der Waals surface area contributed by atoms with E-state index in [0.29, 0.717) is 11.4 Å². The molecule has 1 aliphatic heterocycles. The van der Waals surface area contributed by atoms with Crippen LogP contribution >= 0.6 is 11.3 Å². The monoisotopic (exact) mass is 391 g/mol. The Morgan fingerprint density at radius 2 is 1.50 bits per heavy atom. The fraction of sp³-hybridized carbons (Fsp3) is 0.0909. The maximum absolute atomic E-state index is 12.0. The highest BCUT2D eigenvalue weighted by molar-refractivity contribution is 7.19. The summed E-state index contributed by atoms with van der Waals surface area (Å²) in [7, 11) is 0. The first kappa shape index (κ1) is 18.0. The van der Waals surface area contributed by atoms with Crippen LogP contribution in [-0.4, -0.2) is 27.1 Å². The largest absolute Gasteiger partial charge is 0.478 e. The SMILES string of the molecule is O=C(O)C1=CN(Cc2ccccc2)C=C(C(=O)O)C1c1cc2ccccc2s1. The van der Waals surface area contributed by atoms with E-state index in [1.54, 1.807) is 4.90 Å². The van der Waals surface area contributed by atoms with Crippen molar-refractivity contribution in [3.63, 3.8) is 0 Å². The van der Waals surface area contributed by atoms with Gasteiger partial charge in [0.1, 0.15) is 0 Å². The molecule has 0 radical (unpaired) electrons.